The van der Waals surface area contributed by atoms with Crippen molar-refractivity contribution in [3.8, 4) is 11.4 Å². The van der Waals surface area contributed by atoms with Crippen LogP contribution in [0, 0.1) is 13.8 Å². The molecule has 5 rings (SSSR count). The fourth-order valence-corrected chi connectivity index (χ4v) is 4.73. The average molecular weight is 522 g/mol. The van der Waals surface area contributed by atoms with Crippen LogP contribution in [0.2, 0.25) is 0 Å². The Morgan fingerprint density at radius 3 is 2.65 bits per heavy atom. The lowest BCUT2D eigenvalue weighted by molar-refractivity contribution is 0.00741. The lowest BCUT2D eigenvalue weighted by Gasteiger charge is -2.39. The number of carbonyl (C=O) groups is 2. The number of rotatable bonds is 5. The largest absolute Gasteiger partial charge is 0.456 e. The zero-order chi connectivity index (χ0) is 26.3. The molecule has 4 aromatic rings. The maximum atomic E-state index is 12.7. The summed E-state index contributed by atoms with van der Waals surface area (Å²) in [4.78, 5) is 40.3. The minimum Gasteiger partial charge on any atom is -0.456 e. The third-order valence-corrected chi connectivity index (χ3v) is 6.71. The van der Waals surface area contributed by atoms with Crippen molar-refractivity contribution < 1.29 is 18.8 Å². The highest BCUT2D eigenvalue weighted by atomic mass is 32.1. The summed E-state index contributed by atoms with van der Waals surface area (Å²) in [5.41, 5.74) is 0.748. The zero-order valence-electron chi connectivity index (χ0n) is 21.2. The number of aromatic nitrogens is 4. The fourth-order valence-electron chi connectivity index (χ4n) is 3.90. The molecule has 2 N–H and O–H groups in total. The van der Waals surface area contributed by atoms with Gasteiger partial charge in [-0.2, -0.15) is 4.98 Å². The average Bonchev–Trinajstić information content (AvgIpc) is 3.39. The molecular formula is C25H27N7O4S. The Kier molecular flexibility index (Phi) is 6.28. The van der Waals surface area contributed by atoms with Crippen molar-refractivity contribution >= 4 is 45.1 Å². The number of aryl methyl sites for hydroxylation is 2. The molecule has 0 radical (unpaired) electrons. The molecule has 2 amide bonds. The number of hydrogen-bond acceptors (Lipinski definition) is 10. The summed E-state index contributed by atoms with van der Waals surface area (Å²) in [6.07, 6.45) is 1.75. The summed E-state index contributed by atoms with van der Waals surface area (Å²) < 4.78 is 10.5. The highest BCUT2D eigenvalue weighted by Gasteiger charge is 2.32. The van der Waals surface area contributed by atoms with E-state index in [-0.39, 0.29) is 12.1 Å². The number of ether oxygens (including phenoxy) is 1. The SMILES string of the molecule is Cc1nc(-c2ccc3ccnc(NC4CN(C(=O)Nc5nc(C)c(C(=O)OC(C)(C)C)s5)C4)c3c2)no1. The lowest BCUT2D eigenvalue weighted by Crippen LogP contribution is -2.58. The number of anilines is 2. The smallest absolute Gasteiger partial charge is 0.350 e. The van der Waals surface area contributed by atoms with Crippen LogP contribution in [-0.2, 0) is 4.74 Å². The Morgan fingerprint density at radius 1 is 1.16 bits per heavy atom. The number of urea groups is 1. The quantitative estimate of drug-likeness (QED) is 0.360. The molecule has 1 aliphatic rings. The van der Waals surface area contributed by atoms with E-state index in [1.165, 1.54) is 0 Å². The van der Waals surface area contributed by atoms with Crippen LogP contribution in [-0.4, -0.2) is 61.7 Å². The first-order valence-corrected chi connectivity index (χ1v) is 12.6. The first-order chi connectivity index (χ1) is 17.6. The predicted molar refractivity (Wildman–Crippen MR) is 140 cm³/mol. The molecular weight excluding hydrogens is 494 g/mol. The molecule has 0 unspecified atom stereocenters. The molecule has 192 valence electrons. The Balaban J connectivity index is 1.21. The standard InChI is InChI=1S/C25H27N7O4S/c1-13-19(22(33)35-25(3,4)5)37-23(27-13)30-24(34)32-11-17(12-32)29-21-18-10-16(20-28-14(2)36-31-20)7-6-15(18)8-9-26-21/h6-10,17H,11-12H2,1-5H3,(H,26,29)(H,27,30,34). The lowest BCUT2D eigenvalue weighted by atomic mass is 10.1. The Hall–Kier alpha value is -4.06. The Morgan fingerprint density at radius 2 is 1.95 bits per heavy atom. The van der Waals surface area contributed by atoms with Crippen molar-refractivity contribution in [1.29, 1.82) is 0 Å². The maximum absolute atomic E-state index is 12.7. The van der Waals surface area contributed by atoms with Gasteiger partial charge in [0.2, 0.25) is 11.7 Å². The number of likely N-dealkylation sites (tertiary alicyclic amines) is 1. The number of benzene rings is 1. The zero-order valence-corrected chi connectivity index (χ0v) is 22.0. The minimum atomic E-state index is -0.608. The topological polar surface area (TPSA) is 135 Å². The van der Waals surface area contributed by atoms with E-state index in [0.717, 1.165) is 33.5 Å². The molecule has 0 aliphatic carbocycles. The van der Waals surface area contributed by atoms with Gasteiger partial charge in [-0.15, -0.1) is 0 Å². The van der Waals surface area contributed by atoms with Crippen molar-refractivity contribution in [2.24, 2.45) is 0 Å². The molecule has 1 fully saturated rings. The molecule has 1 saturated heterocycles. The van der Waals surface area contributed by atoms with Crippen molar-refractivity contribution in [2.75, 3.05) is 23.7 Å². The van der Waals surface area contributed by atoms with Crippen LogP contribution < -0.4 is 10.6 Å². The van der Waals surface area contributed by atoms with Crippen molar-refractivity contribution in [3.05, 3.63) is 46.9 Å². The van der Waals surface area contributed by atoms with Crippen LogP contribution in [0.3, 0.4) is 0 Å². The van der Waals surface area contributed by atoms with Crippen LogP contribution in [0.15, 0.2) is 35.0 Å². The molecule has 11 nitrogen and oxygen atoms in total. The Labute approximate surface area is 217 Å². The summed E-state index contributed by atoms with van der Waals surface area (Å²) in [6, 6.07) is 7.61. The number of amides is 2. The van der Waals surface area contributed by atoms with Crippen molar-refractivity contribution in [3.63, 3.8) is 0 Å². The molecule has 0 spiro atoms. The van der Waals surface area contributed by atoms with Crippen LogP contribution >= 0.6 is 11.3 Å². The second kappa shape index (κ2) is 9.43. The van der Waals surface area contributed by atoms with E-state index in [1.54, 1.807) is 45.7 Å². The summed E-state index contributed by atoms with van der Waals surface area (Å²) in [5.74, 6) is 1.30. The first-order valence-electron chi connectivity index (χ1n) is 11.8. The number of hydrogen-bond donors (Lipinski definition) is 2. The molecule has 0 bridgehead atoms. The van der Waals surface area contributed by atoms with Gasteiger partial charge in [0.15, 0.2) is 5.13 Å². The summed E-state index contributed by atoms with van der Waals surface area (Å²) in [6.45, 7) is 9.88. The van der Waals surface area contributed by atoms with Gasteiger partial charge in [0, 0.05) is 37.2 Å². The molecule has 0 atom stereocenters. The van der Waals surface area contributed by atoms with Crippen molar-refractivity contribution in [1.82, 2.24) is 25.0 Å². The normalized spacial score (nSPS) is 13.9. The van der Waals surface area contributed by atoms with Crippen LogP contribution in [0.1, 0.15) is 42.0 Å². The number of pyridine rings is 1. The van der Waals surface area contributed by atoms with Gasteiger partial charge in [0.1, 0.15) is 16.3 Å². The van der Waals surface area contributed by atoms with Crippen LogP contribution in [0.5, 0.6) is 0 Å². The van der Waals surface area contributed by atoms with Gasteiger partial charge >= 0.3 is 12.0 Å². The van der Waals surface area contributed by atoms with E-state index in [2.05, 4.69) is 30.7 Å². The third-order valence-electron chi connectivity index (χ3n) is 5.66. The first kappa shape index (κ1) is 24.6. The molecule has 12 heteroatoms. The summed E-state index contributed by atoms with van der Waals surface area (Å²) in [5, 5.41) is 12.5. The molecule has 37 heavy (non-hydrogen) atoms. The number of nitrogens with one attached hydrogen (secondary N) is 2. The van der Waals surface area contributed by atoms with Crippen molar-refractivity contribution in [2.45, 2.75) is 46.3 Å². The van der Waals surface area contributed by atoms with E-state index < -0.39 is 11.6 Å². The second-order valence-electron chi connectivity index (χ2n) is 9.84. The highest BCUT2D eigenvalue weighted by molar-refractivity contribution is 7.17. The monoisotopic (exact) mass is 521 g/mol. The van der Waals surface area contributed by atoms with Gasteiger partial charge < -0.3 is 19.5 Å². The van der Waals surface area contributed by atoms with E-state index in [4.69, 9.17) is 9.26 Å². The molecule has 3 aromatic heterocycles. The Bertz CT molecular complexity index is 1480. The van der Waals surface area contributed by atoms with E-state index in [0.29, 0.717) is 40.5 Å². The van der Waals surface area contributed by atoms with Gasteiger partial charge in [-0.05, 0) is 45.2 Å². The van der Waals surface area contributed by atoms with Gasteiger partial charge in [0.05, 0.1) is 11.7 Å². The maximum Gasteiger partial charge on any atom is 0.350 e. The van der Waals surface area contributed by atoms with Crippen LogP contribution in [0.4, 0.5) is 15.7 Å². The number of fused-ring (bicyclic) bond motifs is 1. The number of thiazole rings is 1. The number of carbonyl (C=O) groups excluding carboxylic acids is 2. The molecule has 1 aromatic carbocycles. The fraction of sp³-hybridized carbons (Fsp3) is 0.360. The minimum absolute atomic E-state index is 0.0373. The van der Waals surface area contributed by atoms with Gasteiger partial charge in [-0.3, -0.25) is 5.32 Å². The van der Waals surface area contributed by atoms with Gasteiger partial charge in [-0.1, -0.05) is 28.6 Å². The number of esters is 1. The highest BCUT2D eigenvalue weighted by Crippen LogP contribution is 2.29. The van der Waals surface area contributed by atoms with Crippen LogP contribution in [0.25, 0.3) is 22.2 Å². The third kappa shape index (κ3) is 5.38. The molecule has 4 heterocycles. The van der Waals surface area contributed by atoms with E-state index in [1.807, 2.05) is 24.3 Å². The van der Waals surface area contributed by atoms with E-state index in [9.17, 15) is 9.59 Å². The summed E-state index contributed by atoms with van der Waals surface area (Å²) in [7, 11) is 0. The number of nitrogens with zero attached hydrogens (tertiary/aromatic N) is 5. The van der Waals surface area contributed by atoms with Gasteiger partial charge in [0.25, 0.3) is 0 Å². The second-order valence-corrected chi connectivity index (χ2v) is 10.8. The predicted octanol–water partition coefficient (Wildman–Crippen LogP) is 4.64. The van der Waals surface area contributed by atoms with Gasteiger partial charge in [-0.25, -0.2) is 19.6 Å². The molecule has 0 saturated carbocycles. The molecule has 1 aliphatic heterocycles. The van der Waals surface area contributed by atoms with E-state index >= 15 is 0 Å². The summed E-state index contributed by atoms with van der Waals surface area (Å²) >= 11 is 1.11.